The van der Waals surface area contributed by atoms with Gasteiger partial charge in [0.15, 0.2) is 18.3 Å². The molecule has 4 rings (SSSR count). The van der Waals surface area contributed by atoms with Crippen LogP contribution in [0.4, 0.5) is 0 Å². The molecule has 3 aromatic rings. The van der Waals surface area contributed by atoms with Crippen LogP contribution < -0.4 is 10.3 Å². The van der Waals surface area contributed by atoms with E-state index < -0.39 is 0 Å². The minimum absolute atomic E-state index is 0.151. The zero-order valence-electron chi connectivity index (χ0n) is 14.6. The van der Waals surface area contributed by atoms with Crippen molar-refractivity contribution in [3.63, 3.8) is 0 Å². The Hall–Kier alpha value is -3.56. The molecule has 0 unspecified atom stereocenters. The van der Waals surface area contributed by atoms with Gasteiger partial charge in [-0.2, -0.15) is 0 Å². The van der Waals surface area contributed by atoms with Crippen LogP contribution in [0.1, 0.15) is 22.0 Å². The Labute approximate surface area is 154 Å². The van der Waals surface area contributed by atoms with Crippen molar-refractivity contribution in [3.8, 4) is 6.01 Å². The van der Waals surface area contributed by atoms with Crippen LogP contribution in [0.25, 0.3) is 0 Å². The third-order valence-electron chi connectivity index (χ3n) is 4.34. The van der Waals surface area contributed by atoms with Crippen molar-refractivity contribution in [1.29, 1.82) is 0 Å². The number of fused-ring (bicyclic) bond motifs is 1. The van der Waals surface area contributed by atoms with Gasteiger partial charge in [-0.15, -0.1) is 10.2 Å². The maximum Gasteiger partial charge on any atom is 0.316 e. The molecule has 0 N–H and O–H groups in total. The number of hydrogen-bond donors (Lipinski definition) is 0. The normalized spacial score (nSPS) is 13.3. The summed E-state index contributed by atoms with van der Waals surface area (Å²) in [6.45, 7) is 1.45. The Bertz CT molecular complexity index is 1030. The second-order valence-electron chi connectivity index (χ2n) is 6.07. The Balaban J connectivity index is 1.48. The average Bonchev–Trinajstić information content (AvgIpc) is 3.11. The largest absolute Gasteiger partial charge is 0.455 e. The summed E-state index contributed by atoms with van der Waals surface area (Å²) in [4.78, 5) is 34.5. The van der Waals surface area contributed by atoms with Gasteiger partial charge in [-0.25, -0.2) is 9.97 Å². The summed E-state index contributed by atoms with van der Waals surface area (Å²) >= 11 is 0. The summed E-state index contributed by atoms with van der Waals surface area (Å²) in [7, 11) is 1.62. The second kappa shape index (κ2) is 6.98. The van der Waals surface area contributed by atoms with Gasteiger partial charge in [0.1, 0.15) is 5.56 Å². The van der Waals surface area contributed by atoms with Gasteiger partial charge in [0, 0.05) is 38.7 Å². The molecule has 0 atom stereocenters. The first-order valence-corrected chi connectivity index (χ1v) is 8.39. The van der Waals surface area contributed by atoms with E-state index in [1.165, 1.54) is 4.57 Å². The van der Waals surface area contributed by atoms with Crippen LogP contribution in [-0.2, 0) is 26.7 Å². The number of rotatable bonds is 4. The third-order valence-corrected chi connectivity index (χ3v) is 4.34. The fourth-order valence-electron chi connectivity index (χ4n) is 2.92. The number of carbonyl (C=O) groups is 1. The summed E-state index contributed by atoms with van der Waals surface area (Å²) < 4.78 is 8.82. The molecule has 10 nitrogen and oxygen atoms in total. The summed E-state index contributed by atoms with van der Waals surface area (Å²) in [6, 6.07) is 5.20. The standard InChI is InChI=1S/C17H17N7O3/c1-22-7-2-4-12(15(22)25)16(26)23-8-9-24-13(10-23)20-21-14(24)11-27-17-18-5-3-6-19-17/h2-7H,8-11H2,1H3. The van der Waals surface area contributed by atoms with E-state index >= 15 is 0 Å². The summed E-state index contributed by atoms with van der Waals surface area (Å²) in [5, 5.41) is 8.29. The van der Waals surface area contributed by atoms with Crippen molar-refractivity contribution >= 4 is 5.91 Å². The first kappa shape index (κ1) is 16.9. The highest BCUT2D eigenvalue weighted by molar-refractivity contribution is 5.93. The highest BCUT2D eigenvalue weighted by atomic mass is 16.5. The van der Waals surface area contributed by atoms with E-state index in [4.69, 9.17) is 4.74 Å². The predicted molar refractivity (Wildman–Crippen MR) is 92.8 cm³/mol. The van der Waals surface area contributed by atoms with E-state index in [1.54, 1.807) is 48.7 Å². The van der Waals surface area contributed by atoms with Gasteiger partial charge in [-0.05, 0) is 18.2 Å². The summed E-state index contributed by atoms with van der Waals surface area (Å²) in [5.41, 5.74) is -0.163. The Kier molecular flexibility index (Phi) is 4.37. The molecular formula is C17H17N7O3. The lowest BCUT2D eigenvalue weighted by molar-refractivity contribution is 0.0703. The molecular weight excluding hydrogens is 350 g/mol. The number of nitrogens with zero attached hydrogens (tertiary/aromatic N) is 7. The van der Waals surface area contributed by atoms with Gasteiger partial charge in [0.25, 0.3) is 11.5 Å². The molecule has 27 heavy (non-hydrogen) atoms. The predicted octanol–water partition coefficient (Wildman–Crippen LogP) is 0.00180. The molecule has 1 aliphatic heterocycles. The molecule has 0 spiro atoms. The zero-order valence-corrected chi connectivity index (χ0v) is 14.6. The van der Waals surface area contributed by atoms with Crippen molar-refractivity contribution in [2.24, 2.45) is 7.05 Å². The molecule has 0 bridgehead atoms. The van der Waals surface area contributed by atoms with E-state index in [0.29, 0.717) is 24.7 Å². The highest BCUT2D eigenvalue weighted by Gasteiger charge is 2.26. The number of pyridine rings is 1. The smallest absolute Gasteiger partial charge is 0.316 e. The molecule has 3 aromatic heterocycles. The van der Waals surface area contributed by atoms with Gasteiger partial charge < -0.3 is 18.8 Å². The molecule has 4 heterocycles. The SMILES string of the molecule is Cn1cccc(C(=O)N2CCn3c(COc4ncccn4)nnc3C2)c1=O. The van der Waals surface area contributed by atoms with Gasteiger partial charge in [-0.1, -0.05) is 0 Å². The van der Waals surface area contributed by atoms with Crippen LogP contribution in [0, 0.1) is 0 Å². The van der Waals surface area contributed by atoms with Crippen LogP contribution in [0.3, 0.4) is 0 Å². The first-order chi connectivity index (χ1) is 13.1. The molecule has 0 aliphatic carbocycles. The van der Waals surface area contributed by atoms with E-state index in [1.807, 2.05) is 4.57 Å². The molecule has 0 saturated carbocycles. The number of aryl methyl sites for hydroxylation is 1. The van der Waals surface area contributed by atoms with Gasteiger partial charge in [-0.3, -0.25) is 9.59 Å². The molecule has 1 amide bonds. The quantitative estimate of drug-likeness (QED) is 0.639. The number of carbonyl (C=O) groups excluding carboxylic acids is 1. The molecule has 10 heteroatoms. The summed E-state index contributed by atoms with van der Waals surface area (Å²) in [5.74, 6) is 0.982. The number of hydrogen-bond acceptors (Lipinski definition) is 7. The van der Waals surface area contributed by atoms with Crippen LogP contribution in [0.5, 0.6) is 6.01 Å². The van der Waals surface area contributed by atoms with Crippen LogP contribution in [-0.4, -0.2) is 46.7 Å². The van der Waals surface area contributed by atoms with Crippen molar-refractivity contribution in [1.82, 2.24) is 34.2 Å². The van der Waals surface area contributed by atoms with Gasteiger partial charge >= 0.3 is 6.01 Å². The van der Waals surface area contributed by atoms with Gasteiger partial charge in [0.2, 0.25) is 0 Å². The molecule has 0 fully saturated rings. The van der Waals surface area contributed by atoms with Crippen LogP contribution >= 0.6 is 0 Å². The lowest BCUT2D eigenvalue weighted by Crippen LogP contribution is -2.41. The lowest BCUT2D eigenvalue weighted by atomic mass is 10.2. The number of amides is 1. The average molecular weight is 367 g/mol. The maximum absolute atomic E-state index is 12.7. The highest BCUT2D eigenvalue weighted by Crippen LogP contribution is 2.15. The Morgan fingerprint density at radius 2 is 2.00 bits per heavy atom. The maximum atomic E-state index is 12.7. The molecule has 0 aromatic carbocycles. The fourth-order valence-corrected chi connectivity index (χ4v) is 2.92. The second-order valence-corrected chi connectivity index (χ2v) is 6.07. The Morgan fingerprint density at radius 1 is 1.19 bits per heavy atom. The minimum Gasteiger partial charge on any atom is -0.455 e. The zero-order chi connectivity index (χ0) is 18.8. The summed E-state index contributed by atoms with van der Waals surface area (Å²) in [6.07, 6.45) is 4.81. The molecule has 1 aliphatic rings. The van der Waals surface area contributed by atoms with Crippen molar-refractivity contribution in [3.05, 3.63) is 64.4 Å². The van der Waals surface area contributed by atoms with Crippen molar-refractivity contribution in [2.45, 2.75) is 19.7 Å². The fraction of sp³-hybridized carbons (Fsp3) is 0.294. The minimum atomic E-state index is -0.313. The van der Waals surface area contributed by atoms with Crippen molar-refractivity contribution in [2.75, 3.05) is 6.54 Å². The van der Waals surface area contributed by atoms with Crippen LogP contribution in [0.15, 0.2) is 41.6 Å². The number of ether oxygens (including phenoxy) is 1. The molecule has 0 saturated heterocycles. The monoisotopic (exact) mass is 367 g/mol. The number of aromatic nitrogens is 6. The topological polar surface area (TPSA) is 108 Å². The van der Waals surface area contributed by atoms with E-state index in [2.05, 4.69) is 20.2 Å². The van der Waals surface area contributed by atoms with Crippen LogP contribution in [0.2, 0.25) is 0 Å². The first-order valence-electron chi connectivity index (χ1n) is 8.39. The lowest BCUT2D eigenvalue weighted by Gasteiger charge is -2.27. The van der Waals surface area contributed by atoms with E-state index in [9.17, 15) is 9.59 Å². The third kappa shape index (κ3) is 3.28. The van der Waals surface area contributed by atoms with E-state index in [-0.39, 0.29) is 36.2 Å². The van der Waals surface area contributed by atoms with E-state index in [0.717, 1.165) is 0 Å². The molecule has 0 radical (unpaired) electrons. The van der Waals surface area contributed by atoms with Crippen molar-refractivity contribution < 1.29 is 9.53 Å². The van der Waals surface area contributed by atoms with Gasteiger partial charge in [0.05, 0.1) is 6.54 Å². The molecule has 138 valence electrons. The Morgan fingerprint density at radius 3 is 2.81 bits per heavy atom.